The molecule has 3 nitrogen and oxygen atoms in total. The molecule has 1 aromatic carbocycles. The molecular formula is C12H7ClF2N2OS. The Hall–Kier alpha value is -1.40. The number of nitrogens with zero attached hydrogens (tertiary/aromatic N) is 1. The van der Waals surface area contributed by atoms with Crippen LogP contribution in [0.3, 0.4) is 0 Å². The molecule has 1 N–H and O–H groups in total. The van der Waals surface area contributed by atoms with Gasteiger partial charge in [-0.3, -0.25) is 4.79 Å². The van der Waals surface area contributed by atoms with E-state index in [0.29, 0.717) is 17.0 Å². The maximum absolute atomic E-state index is 13.8. The molecule has 19 heavy (non-hydrogen) atoms. The molecule has 0 aliphatic carbocycles. The molecule has 1 aromatic heterocycles. The van der Waals surface area contributed by atoms with E-state index in [-0.39, 0.29) is 22.0 Å². The van der Waals surface area contributed by atoms with Crippen molar-refractivity contribution >= 4 is 23.4 Å². The first-order valence-electron chi connectivity index (χ1n) is 5.47. The summed E-state index contributed by atoms with van der Waals surface area (Å²) in [6.45, 7) is 0. The molecule has 1 aliphatic rings. The molecule has 2 heterocycles. The van der Waals surface area contributed by atoms with E-state index in [0.717, 1.165) is 17.9 Å². The van der Waals surface area contributed by atoms with Gasteiger partial charge >= 0.3 is 0 Å². The minimum absolute atomic E-state index is 0.0196. The highest BCUT2D eigenvalue weighted by Gasteiger charge is 2.20. The maximum atomic E-state index is 13.8. The first kappa shape index (κ1) is 12.6. The topological polar surface area (TPSA) is 45.8 Å². The number of nitrogens with one attached hydrogen (secondary N) is 1. The number of aromatic nitrogens is 2. The zero-order valence-corrected chi connectivity index (χ0v) is 11.0. The van der Waals surface area contributed by atoms with E-state index in [9.17, 15) is 13.6 Å². The van der Waals surface area contributed by atoms with Gasteiger partial charge in [0.2, 0.25) is 0 Å². The van der Waals surface area contributed by atoms with Gasteiger partial charge in [0.05, 0.1) is 16.1 Å². The molecule has 0 atom stereocenters. The van der Waals surface area contributed by atoms with Crippen LogP contribution in [0.2, 0.25) is 5.02 Å². The zero-order chi connectivity index (χ0) is 13.6. The second-order valence-electron chi connectivity index (χ2n) is 4.04. The number of rotatable bonds is 1. The molecule has 2 aromatic rings. The summed E-state index contributed by atoms with van der Waals surface area (Å²) < 4.78 is 27.2. The van der Waals surface area contributed by atoms with Crippen molar-refractivity contribution in [1.82, 2.24) is 9.97 Å². The Balaban J connectivity index is 2.21. The molecule has 0 amide bonds. The maximum Gasteiger partial charge on any atom is 0.255 e. The van der Waals surface area contributed by atoms with E-state index in [1.807, 2.05) is 0 Å². The SMILES string of the molecule is O=c1[nH]c(-c2cc(F)c(Cl)cc2F)nc2c1CCS2. The molecule has 0 fully saturated rings. The number of hydrogen-bond acceptors (Lipinski definition) is 3. The smallest absolute Gasteiger partial charge is 0.255 e. The zero-order valence-electron chi connectivity index (χ0n) is 9.47. The van der Waals surface area contributed by atoms with E-state index in [1.165, 1.54) is 11.8 Å². The third-order valence-electron chi connectivity index (χ3n) is 2.83. The Morgan fingerprint density at radius 3 is 2.89 bits per heavy atom. The fourth-order valence-electron chi connectivity index (χ4n) is 1.90. The van der Waals surface area contributed by atoms with Crippen LogP contribution >= 0.6 is 23.4 Å². The van der Waals surface area contributed by atoms with Crippen molar-refractivity contribution in [3.8, 4) is 11.4 Å². The minimum atomic E-state index is -0.756. The molecule has 7 heteroatoms. The van der Waals surface area contributed by atoms with E-state index in [2.05, 4.69) is 9.97 Å². The van der Waals surface area contributed by atoms with Crippen LogP contribution in [0.5, 0.6) is 0 Å². The van der Waals surface area contributed by atoms with E-state index < -0.39 is 11.6 Å². The van der Waals surface area contributed by atoms with Crippen LogP contribution in [0.25, 0.3) is 11.4 Å². The molecule has 0 unspecified atom stereocenters. The van der Waals surface area contributed by atoms with Gasteiger partial charge in [-0.1, -0.05) is 11.6 Å². The molecule has 1 aliphatic heterocycles. The van der Waals surface area contributed by atoms with Gasteiger partial charge < -0.3 is 4.98 Å². The highest BCUT2D eigenvalue weighted by atomic mass is 35.5. The average Bonchev–Trinajstić information content (AvgIpc) is 2.82. The van der Waals surface area contributed by atoms with Gasteiger partial charge in [0, 0.05) is 5.75 Å². The highest BCUT2D eigenvalue weighted by molar-refractivity contribution is 7.99. The largest absolute Gasteiger partial charge is 0.306 e. The van der Waals surface area contributed by atoms with Crippen molar-refractivity contribution in [2.75, 3.05) is 5.75 Å². The standard InChI is InChI=1S/C12H7ClF2N2OS/c13-7-4-8(14)6(3-9(7)15)10-16-11(18)5-1-2-19-12(5)17-10/h3-4H,1-2H2,(H,16,17,18). The fraction of sp³-hybridized carbons (Fsp3) is 0.167. The summed E-state index contributed by atoms with van der Waals surface area (Å²) in [6, 6.07) is 1.80. The van der Waals surface area contributed by atoms with Crippen molar-refractivity contribution < 1.29 is 8.78 Å². The summed E-state index contributed by atoms with van der Waals surface area (Å²) in [7, 11) is 0. The summed E-state index contributed by atoms with van der Waals surface area (Å²) in [4.78, 5) is 18.5. The van der Waals surface area contributed by atoms with Crippen LogP contribution in [0.1, 0.15) is 5.56 Å². The lowest BCUT2D eigenvalue weighted by molar-refractivity contribution is 0.602. The summed E-state index contributed by atoms with van der Waals surface area (Å²) in [5.74, 6) is -0.690. The van der Waals surface area contributed by atoms with E-state index >= 15 is 0 Å². The molecule has 3 rings (SSSR count). The lowest BCUT2D eigenvalue weighted by Crippen LogP contribution is -2.14. The quantitative estimate of drug-likeness (QED) is 0.650. The molecule has 0 saturated carbocycles. The van der Waals surface area contributed by atoms with Crippen molar-refractivity contribution in [3.05, 3.63) is 44.7 Å². The van der Waals surface area contributed by atoms with Gasteiger partial charge in [0.1, 0.15) is 22.5 Å². The van der Waals surface area contributed by atoms with Gasteiger partial charge in [-0.25, -0.2) is 13.8 Å². The first-order valence-corrected chi connectivity index (χ1v) is 6.83. The first-order chi connectivity index (χ1) is 9.06. The van der Waals surface area contributed by atoms with E-state index in [1.54, 1.807) is 0 Å². The monoisotopic (exact) mass is 300 g/mol. The number of fused-ring (bicyclic) bond motifs is 1. The summed E-state index contributed by atoms with van der Waals surface area (Å²) in [6.07, 6.45) is 0.639. The van der Waals surface area contributed by atoms with Crippen molar-refractivity contribution in [1.29, 1.82) is 0 Å². The minimum Gasteiger partial charge on any atom is -0.306 e. The van der Waals surface area contributed by atoms with Gasteiger partial charge in [0.15, 0.2) is 0 Å². The second-order valence-corrected chi connectivity index (χ2v) is 5.53. The Kier molecular flexibility index (Phi) is 3.06. The fourth-order valence-corrected chi connectivity index (χ4v) is 3.07. The predicted octanol–water partition coefficient (Wildman–Crippen LogP) is 3.02. The molecule has 0 bridgehead atoms. The third kappa shape index (κ3) is 2.15. The predicted molar refractivity (Wildman–Crippen MR) is 69.6 cm³/mol. The second kappa shape index (κ2) is 4.61. The molecular weight excluding hydrogens is 294 g/mol. The Bertz CT molecular complexity index is 732. The van der Waals surface area contributed by atoms with Gasteiger partial charge in [-0.2, -0.15) is 0 Å². The summed E-state index contributed by atoms with van der Waals surface area (Å²) >= 11 is 6.92. The van der Waals surface area contributed by atoms with Crippen LogP contribution in [0.15, 0.2) is 22.0 Å². The van der Waals surface area contributed by atoms with Crippen molar-refractivity contribution in [3.63, 3.8) is 0 Å². The van der Waals surface area contributed by atoms with Crippen LogP contribution < -0.4 is 5.56 Å². The molecule has 0 spiro atoms. The lowest BCUT2D eigenvalue weighted by Gasteiger charge is -2.06. The van der Waals surface area contributed by atoms with Crippen LogP contribution in [-0.2, 0) is 6.42 Å². The average molecular weight is 301 g/mol. The Morgan fingerprint density at radius 2 is 2.11 bits per heavy atom. The summed E-state index contributed by atoms with van der Waals surface area (Å²) in [5.41, 5.74) is 0.192. The molecule has 98 valence electrons. The number of H-pyrrole nitrogens is 1. The number of aromatic amines is 1. The summed E-state index contributed by atoms with van der Waals surface area (Å²) in [5, 5.41) is 0.271. The van der Waals surface area contributed by atoms with Gasteiger partial charge in [-0.05, 0) is 18.6 Å². The molecule has 0 saturated heterocycles. The lowest BCUT2D eigenvalue weighted by atomic mass is 10.2. The normalized spacial score (nSPS) is 13.6. The number of halogens is 3. The Morgan fingerprint density at radius 1 is 1.32 bits per heavy atom. The number of thioether (sulfide) groups is 1. The molecule has 0 radical (unpaired) electrons. The highest BCUT2D eigenvalue weighted by Crippen LogP contribution is 2.30. The Labute approximate surface area is 116 Å². The van der Waals surface area contributed by atoms with E-state index in [4.69, 9.17) is 11.6 Å². The number of benzene rings is 1. The van der Waals surface area contributed by atoms with Crippen molar-refractivity contribution in [2.45, 2.75) is 11.4 Å². The van der Waals surface area contributed by atoms with Gasteiger partial charge in [0.25, 0.3) is 5.56 Å². The van der Waals surface area contributed by atoms with Crippen LogP contribution in [0, 0.1) is 11.6 Å². The van der Waals surface area contributed by atoms with Crippen LogP contribution in [-0.4, -0.2) is 15.7 Å². The van der Waals surface area contributed by atoms with Gasteiger partial charge in [-0.15, -0.1) is 11.8 Å². The number of hydrogen-bond donors (Lipinski definition) is 1. The van der Waals surface area contributed by atoms with Crippen molar-refractivity contribution in [2.24, 2.45) is 0 Å². The van der Waals surface area contributed by atoms with Crippen LogP contribution in [0.4, 0.5) is 8.78 Å². The third-order valence-corrected chi connectivity index (χ3v) is 4.14.